The summed E-state index contributed by atoms with van der Waals surface area (Å²) in [7, 11) is 0. The van der Waals surface area contributed by atoms with Crippen LogP contribution in [0.15, 0.2) is 18.3 Å². The van der Waals surface area contributed by atoms with Crippen LogP contribution < -0.4 is 4.74 Å². The van der Waals surface area contributed by atoms with Crippen LogP contribution in [0.1, 0.15) is 29.6 Å². The zero-order chi connectivity index (χ0) is 10.7. The molecule has 4 nitrogen and oxygen atoms in total. The average molecular weight is 207 g/mol. The smallest absolute Gasteiger partial charge is 0.335 e. The molecule has 1 fully saturated rings. The molecule has 0 aromatic carbocycles. The number of hydrogen-bond donors (Lipinski definition) is 1. The third-order valence-electron chi connectivity index (χ3n) is 2.45. The Morgan fingerprint density at radius 2 is 2.40 bits per heavy atom. The van der Waals surface area contributed by atoms with E-state index in [9.17, 15) is 4.79 Å². The minimum absolute atomic E-state index is 0.214. The molecule has 2 rings (SSSR count). The summed E-state index contributed by atoms with van der Waals surface area (Å²) in [5, 5.41) is 8.75. The molecule has 0 atom stereocenters. The molecule has 15 heavy (non-hydrogen) atoms. The van der Waals surface area contributed by atoms with Gasteiger partial charge >= 0.3 is 5.97 Å². The molecule has 0 bridgehead atoms. The molecule has 4 heteroatoms. The van der Waals surface area contributed by atoms with Crippen molar-refractivity contribution in [2.75, 3.05) is 6.61 Å². The van der Waals surface area contributed by atoms with Crippen LogP contribution in [0.4, 0.5) is 0 Å². The van der Waals surface area contributed by atoms with Crippen LogP contribution in [0.2, 0.25) is 0 Å². The van der Waals surface area contributed by atoms with E-state index < -0.39 is 5.97 Å². The fourth-order valence-corrected chi connectivity index (χ4v) is 1.36. The van der Waals surface area contributed by atoms with E-state index in [4.69, 9.17) is 9.84 Å². The fraction of sp³-hybridized carbons (Fsp3) is 0.455. The number of carbonyl (C=O) groups is 1. The van der Waals surface area contributed by atoms with Gasteiger partial charge in [-0.3, -0.25) is 0 Å². The molecule has 0 spiro atoms. The van der Waals surface area contributed by atoms with Gasteiger partial charge in [0.25, 0.3) is 0 Å². The lowest BCUT2D eigenvalue weighted by atomic mass is 10.3. The van der Waals surface area contributed by atoms with Crippen LogP contribution in [0, 0.1) is 5.92 Å². The second-order valence-electron chi connectivity index (χ2n) is 3.77. The lowest BCUT2D eigenvalue weighted by molar-refractivity contribution is 0.0696. The predicted octanol–water partition coefficient (Wildman–Crippen LogP) is 1.96. The number of hydrogen-bond acceptors (Lipinski definition) is 3. The van der Waals surface area contributed by atoms with Gasteiger partial charge in [-0.1, -0.05) is 12.8 Å². The normalized spacial score (nSPS) is 14.9. The second-order valence-corrected chi connectivity index (χ2v) is 3.77. The van der Waals surface area contributed by atoms with Crippen molar-refractivity contribution in [3.05, 3.63) is 23.9 Å². The van der Waals surface area contributed by atoms with Crippen molar-refractivity contribution in [3.63, 3.8) is 0 Å². The molecule has 80 valence electrons. The summed E-state index contributed by atoms with van der Waals surface area (Å²) < 4.78 is 5.37. The Hall–Kier alpha value is -1.58. The quantitative estimate of drug-likeness (QED) is 0.801. The summed E-state index contributed by atoms with van der Waals surface area (Å²) in [6, 6.07) is 2.91. The Labute approximate surface area is 87.9 Å². The van der Waals surface area contributed by atoms with Gasteiger partial charge in [0.05, 0.1) is 12.2 Å². The van der Waals surface area contributed by atoms with E-state index >= 15 is 0 Å². The first kappa shape index (κ1) is 9.96. The van der Waals surface area contributed by atoms with Crippen LogP contribution in [0.25, 0.3) is 0 Å². The number of rotatable bonds is 5. The molecule has 1 aliphatic carbocycles. The number of pyridine rings is 1. The lowest BCUT2D eigenvalue weighted by Gasteiger charge is -2.04. The van der Waals surface area contributed by atoms with Crippen molar-refractivity contribution >= 4 is 5.97 Å². The third-order valence-corrected chi connectivity index (χ3v) is 2.45. The van der Waals surface area contributed by atoms with Crippen molar-refractivity contribution in [1.29, 1.82) is 0 Å². The van der Waals surface area contributed by atoms with E-state index in [1.165, 1.54) is 31.2 Å². The van der Waals surface area contributed by atoms with Gasteiger partial charge in [-0.05, 0) is 18.4 Å². The van der Waals surface area contributed by atoms with Crippen molar-refractivity contribution in [3.8, 4) is 5.88 Å². The number of aromatic carboxylic acids is 1. The predicted molar refractivity (Wildman–Crippen MR) is 54.0 cm³/mol. The second kappa shape index (κ2) is 4.29. The summed E-state index contributed by atoms with van der Waals surface area (Å²) >= 11 is 0. The van der Waals surface area contributed by atoms with Gasteiger partial charge in [0.15, 0.2) is 0 Å². The topological polar surface area (TPSA) is 59.4 Å². The van der Waals surface area contributed by atoms with Crippen LogP contribution in [0.5, 0.6) is 5.88 Å². The van der Waals surface area contributed by atoms with Gasteiger partial charge in [0.2, 0.25) is 5.88 Å². The van der Waals surface area contributed by atoms with Crippen LogP contribution in [-0.4, -0.2) is 22.7 Å². The number of aromatic nitrogens is 1. The Bertz CT molecular complexity index is 361. The Morgan fingerprint density at radius 3 is 3.07 bits per heavy atom. The minimum Gasteiger partial charge on any atom is -0.478 e. The number of ether oxygens (including phenoxy) is 1. The van der Waals surface area contributed by atoms with Crippen LogP contribution in [0.3, 0.4) is 0 Å². The lowest BCUT2D eigenvalue weighted by Crippen LogP contribution is -2.02. The number of carboxylic acid groups (broad SMARTS) is 1. The highest BCUT2D eigenvalue weighted by Crippen LogP contribution is 2.32. The van der Waals surface area contributed by atoms with E-state index in [1.807, 2.05) is 0 Å². The first-order chi connectivity index (χ1) is 7.25. The molecule has 0 unspecified atom stereocenters. The van der Waals surface area contributed by atoms with Crippen molar-refractivity contribution in [2.45, 2.75) is 19.3 Å². The number of carboxylic acids is 1. The molecular weight excluding hydrogens is 194 g/mol. The fourth-order valence-electron chi connectivity index (χ4n) is 1.36. The highest BCUT2D eigenvalue weighted by atomic mass is 16.5. The first-order valence-corrected chi connectivity index (χ1v) is 5.08. The van der Waals surface area contributed by atoms with E-state index in [1.54, 1.807) is 0 Å². The summed E-state index contributed by atoms with van der Waals surface area (Å²) in [6.45, 7) is 0.626. The molecule has 1 saturated carbocycles. The number of nitrogens with zero attached hydrogens (tertiary/aromatic N) is 1. The monoisotopic (exact) mass is 207 g/mol. The van der Waals surface area contributed by atoms with Crippen molar-refractivity contribution in [1.82, 2.24) is 4.98 Å². The van der Waals surface area contributed by atoms with Gasteiger partial charge < -0.3 is 9.84 Å². The average Bonchev–Trinajstić information content (AvgIpc) is 3.02. The summed E-state index contributed by atoms with van der Waals surface area (Å²) in [5.74, 6) is 0.257. The van der Waals surface area contributed by atoms with E-state index in [0.717, 1.165) is 12.3 Å². The van der Waals surface area contributed by atoms with Gasteiger partial charge in [-0.15, -0.1) is 0 Å². The molecule has 0 amide bonds. The summed E-state index contributed by atoms with van der Waals surface area (Å²) in [5.41, 5.74) is 0.214. The molecule has 1 heterocycles. The summed E-state index contributed by atoms with van der Waals surface area (Å²) in [4.78, 5) is 14.6. The zero-order valence-corrected chi connectivity index (χ0v) is 8.35. The first-order valence-electron chi connectivity index (χ1n) is 5.08. The van der Waals surface area contributed by atoms with Gasteiger partial charge in [0.1, 0.15) is 0 Å². The van der Waals surface area contributed by atoms with Crippen molar-refractivity contribution < 1.29 is 14.6 Å². The minimum atomic E-state index is -0.954. The Balaban J connectivity index is 1.88. The molecule has 1 aliphatic rings. The zero-order valence-electron chi connectivity index (χ0n) is 8.35. The maximum absolute atomic E-state index is 10.7. The molecule has 1 aromatic heterocycles. The maximum atomic E-state index is 10.7. The van der Waals surface area contributed by atoms with E-state index in [2.05, 4.69) is 4.98 Å². The van der Waals surface area contributed by atoms with Crippen LogP contribution >= 0.6 is 0 Å². The SMILES string of the molecule is O=C(O)c1ccnc(OCCC2CC2)c1. The standard InChI is InChI=1S/C11H13NO3/c13-11(14)9-3-5-12-10(7-9)15-6-4-8-1-2-8/h3,5,7-8H,1-2,4,6H2,(H,13,14). The molecule has 0 saturated heterocycles. The highest BCUT2D eigenvalue weighted by molar-refractivity contribution is 5.87. The Kier molecular flexibility index (Phi) is 2.85. The molecule has 0 radical (unpaired) electrons. The van der Waals surface area contributed by atoms with Gasteiger partial charge in [-0.25, -0.2) is 9.78 Å². The van der Waals surface area contributed by atoms with E-state index in [0.29, 0.717) is 12.5 Å². The largest absolute Gasteiger partial charge is 0.478 e. The molecule has 0 aliphatic heterocycles. The van der Waals surface area contributed by atoms with Gasteiger partial charge in [-0.2, -0.15) is 0 Å². The highest BCUT2D eigenvalue weighted by Gasteiger charge is 2.20. The molecular formula is C11H13NO3. The van der Waals surface area contributed by atoms with Crippen molar-refractivity contribution in [2.24, 2.45) is 5.92 Å². The third kappa shape index (κ3) is 2.94. The molecule has 1 aromatic rings. The summed E-state index contributed by atoms with van der Waals surface area (Å²) in [6.07, 6.45) is 5.09. The van der Waals surface area contributed by atoms with E-state index in [-0.39, 0.29) is 5.56 Å². The maximum Gasteiger partial charge on any atom is 0.335 e. The van der Waals surface area contributed by atoms with Gasteiger partial charge in [0, 0.05) is 12.3 Å². The Morgan fingerprint density at radius 1 is 1.60 bits per heavy atom. The molecule has 1 N–H and O–H groups in total. The van der Waals surface area contributed by atoms with Crippen LogP contribution in [-0.2, 0) is 0 Å².